The van der Waals surface area contributed by atoms with Crippen LogP contribution in [0.1, 0.15) is 13.8 Å². The number of thioether (sulfide) groups is 1. The maximum absolute atomic E-state index is 9.18. The van der Waals surface area contributed by atoms with Gasteiger partial charge in [-0.05, 0) is 24.8 Å². The van der Waals surface area contributed by atoms with Crippen molar-refractivity contribution in [2.24, 2.45) is 0 Å². The fraction of sp³-hybridized carbons (Fsp3) is 0.211. The Bertz CT molecular complexity index is 1020. The van der Waals surface area contributed by atoms with Crippen LogP contribution in [0.2, 0.25) is 0 Å². The molecular formula is C19H21N5O2S. The number of rotatable bonds is 5. The molecule has 0 aliphatic heterocycles. The summed E-state index contributed by atoms with van der Waals surface area (Å²) in [5.74, 6) is 1.44. The Kier molecular flexibility index (Phi) is 5.97. The van der Waals surface area contributed by atoms with Crippen LogP contribution in [0.25, 0.3) is 27.8 Å². The molecule has 0 fully saturated rings. The highest BCUT2D eigenvalue weighted by Crippen LogP contribution is 2.32. The molecule has 0 radical (unpaired) electrons. The summed E-state index contributed by atoms with van der Waals surface area (Å²) in [6.07, 6.45) is 3.61. The number of fused-ring (bicyclic) bond motifs is 2. The first-order chi connectivity index (χ1) is 13.2. The van der Waals surface area contributed by atoms with Gasteiger partial charge in [-0.25, -0.2) is 9.97 Å². The lowest BCUT2D eigenvalue weighted by atomic mass is 10.2. The summed E-state index contributed by atoms with van der Waals surface area (Å²) < 4.78 is 6.16. The molecule has 0 bridgehead atoms. The van der Waals surface area contributed by atoms with Gasteiger partial charge in [-0.3, -0.25) is 9.20 Å². The molecule has 1 aromatic carbocycles. The Balaban J connectivity index is 0.000000376. The van der Waals surface area contributed by atoms with Gasteiger partial charge in [0.2, 0.25) is 0 Å². The minimum atomic E-state index is 0.431. The van der Waals surface area contributed by atoms with E-state index >= 15 is 0 Å². The SMILES string of the molecule is CCOC=O.CCSc1nc(-c2cc3ccccc3[nH]2)c2c(N)nccn12. The van der Waals surface area contributed by atoms with E-state index in [1.807, 2.05) is 22.7 Å². The average Bonchev–Trinajstić information content (AvgIpc) is 3.26. The first-order valence-corrected chi connectivity index (χ1v) is 9.56. The number of aromatic amines is 1. The second-order valence-electron chi connectivity index (χ2n) is 5.53. The van der Waals surface area contributed by atoms with E-state index in [1.165, 1.54) is 0 Å². The van der Waals surface area contributed by atoms with Crippen molar-refractivity contribution in [2.75, 3.05) is 18.1 Å². The molecule has 0 amide bonds. The van der Waals surface area contributed by atoms with Gasteiger partial charge in [-0.1, -0.05) is 36.9 Å². The number of nitrogens with one attached hydrogen (secondary N) is 1. The fourth-order valence-electron chi connectivity index (χ4n) is 2.72. The monoisotopic (exact) mass is 383 g/mol. The number of nitrogens with zero attached hydrogens (tertiary/aromatic N) is 3. The molecule has 0 aliphatic carbocycles. The number of hydrogen-bond acceptors (Lipinski definition) is 6. The molecule has 0 unspecified atom stereocenters. The van der Waals surface area contributed by atoms with Crippen LogP contribution < -0.4 is 5.73 Å². The molecule has 0 aliphatic rings. The highest BCUT2D eigenvalue weighted by atomic mass is 32.2. The molecular weight excluding hydrogens is 362 g/mol. The molecule has 4 rings (SSSR count). The quantitative estimate of drug-likeness (QED) is 0.402. The number of aromatic nitrogens is 4. The standard InChI is InChI=1S/C16H15N5S.C3H6O2/c1-2-22-16-20-13(14-15(17)18-7-8-21(14)16)12-9-10-5-3-4-6-11(10)19-12;1-2-5-3-4/h3-9,19H,2H2,1H3,(H2,17,18);3H,2H2,1H3. The number of anilines is 1. The van der Waals surface area contributed by atoms with E-state index in [0.29, 0.717) is 18.9 Å². The van der Waals surface area contributed by atoms with E-state index < -0.39 is 0 Å². The lowest BCUT2D eigenvalue weighted by Gasteiger charge is -2.00. The van der Waals surface area contributed by atoms with Crippen LogP contribution in [0, 0.1) is 0 Å². The summed E-state index contributed by atoms with van der Waals surface area (Å²) in [6, 6.07) is 10.3. The second kappa shape index (κ2) is 8.59. The van der Waals surface area contributed by atoms with Crippen LogP contribution in [0.15, 0.2) is 47.9 Å². The minimum Gasteiger partial charge on any atom is -0.468 e. The van der Waals surface area contributed by atoms with Crippen LogP contribution in [-0.2, 0) is 9.53 Å². The smallest absolute Gasteiger partial charge is 0.293 e. The molecule has 8 heteroatoms. The summed E-state index contributed by atoms with van der Waals surface area (Å²) in [5, 5.41) is 2.09. The maximum Gasteiger partial charge on any atom is 0.293 e. The molecule has 7 nitrogen and oxygen atoms in total. The molecule has 140 valence electrons. The normalized spacial score (nSPS) is 10.6. The minimum absolute atomic E-state index is 0.431. The van der Waals surface area contributed by atoms with Crippen molar-refractivity contribution in [2.45, 2.75) is 19.0 Å². The molecule has 3 heterocycles. The zero-order valence-corrected chi connectivity index (χ0v) is 16.0. The van der Waals surface area contributed by atoms with Gasteiger partial charge in [0.1, 0.15) is 17.0 Å². The molecule has 27 heavy (non-hydrogen) atoms. The number of H-pyrrole nitrogens is 1. The van der Waals surface area contributed by atoms with E-state index in [1.54, 1.807) is 24.9 Å². The van der Waals surface area contributed by atoms with E-state index in [4.69, 9.17) is 10.7 Å². The van der Waals surface area contributed by atoms with Crippen molar-refractivity contribution in [3.8, 4) is 11.4 Å². The third kappa shape index (κ3) is 3.90. The van der Waals surface area contributed by atoms with Crippen LogP contribution in [0.4, 0.5) is 5.82 Å². The van der Waals surface area contributed by atoms with Crippen molar-refractivity contribution in [1.82, 2.24) is 19.4 Å². The summed E-state index contributed by atoms with van der Waals surface area (Å²) in [4.78, 5) is 21.6. The van der Waals surface area contributed by atoms with Crippen LogP contribution in [0.3, 0.4) is 0 Å². The van der Waals surface area contributed by atoms with Crippen molar-refractivity contribution in [3.63, 3.8) is 0 Å². The number of benzene rings is 1. The van der Waals surface area contributed by atoms with Crippen molar-refractivity contribution in [1.29, 1.82) is 0 Å². The highest BCUT2D eigenvalue weighted by Gasteiger charge is 2.17. The lowest BCUT2D eigenvalue weighted by Crippen LogP contribution is -1.96. The number of hydrogen-bond donors (Lipinski definition) is 2. The van der Waals surface area contributed by atoms with Gasteiger partial charge in [0, 0.05) is 23.3 Å². The Hall–Kier alpha value is -3.00. The topological polar surface area (TPSA) is 98.3 Å². The summed E-state index contributed by atoms with van der Waals surface area (Å²) >= 11 is 1.69. The first kappa shape index (κ1) is 18.8. The van der Waals surface area contributed by atoms with Gasteiger partial charge in [0.25, 0.3) is 6.47 Å². The number of para-hydroxylation sites is 1. The number of ether oxygens (including phenoxy) is 1. The number of imidazole rings is 1. The molecule has 0 atom stereocenters. The summed E-state index contributed by atoms with van der Waals surface area (Å²) in [6.45, 7) is 4.77. The van der Waals surface area contributed by atoms with Gasteiger partial charge in [-0.15, -0.1) is 0 Å². The summed E-state index contributed by atoms with van der Waals surface area (Å²) in [5.41, 5.74) is 9.85. The molecule has 4 aromatic rings. The van der Waals surface area contributed by atoms with Crippen molar-refractivity contribution in [3.05, 3.63) is 42.7 Å². The molecule has 3 N–H and O–H groups in total. The number of carbonyl (C=O) groups is 1. The second-order valence-corrected chi connectivity index (χ2v) is 6.76. The Morgan fingerprint density at radius 1 is 1.33 bits per heavy atom. The van der Waals surface area contributed by atoms with E-state index in [9.17, 15) is 4.79 Å². The largest absolute Gasteiger partial charge is 0.468 e. The van der Waals surface area contributed by atoms with Gasteiger partial charge < -0.3 is 15.5 Å². The third-order valence-electron chi connectivity index (χ3n) is 3.84. The van der Waals surface area contributed by atoms with Gasteiger partial charge in [-0.2, -0.15) is 0 Å². The Morgan fingerprint density at radius 2 is 2.15 bits per heavy atom. The predicted molar refractivity (Wildman–Crippen MR) is 109 cm³/mol. The van der Waals surface area contributed by atoms with Crippen molar-refractivity contribution < 1.29 is 9.53 Å². The maximum atomic E-state index is 9.18. The van der Waals surface area contributed by atoms with Gasteiger partial charge in [0.05, 0.1) is 12.3 Å². The fourth-order valence-corrected chi connectivity index (χ4v) is 3.43. The summed E-state index contributed by atoms with van der Waals surface area (Å²) in [7, 11) is 0. The molecule has 0 saturated carbocycles. The third-order valence-corrected chi connectivity index (χ3v) is 4.68. The molecule has 3 aromatic heterocycles. The predicted octanol–water partition coefficient (Wildman–Crippen LogP) is 3.75. The lowest BCUT2D eigenvalue weighted by molar-refractivity contribution is -0.128. The number of nitrogens with two attached hydrogens (primary N) is 1. The Labute approximate surface area is 161 Å². The molecule has 0 saturated heterocycles. The first-order valence-electron chi connectivity index (χ1n) is 8.58. The zero-order valence-electron chi connectivity index (χ0n) is 15.2. The number of nitrogen functional groups attached to an aromatic ring is 1. The Morgan fingerprint density at radius 3 is 2.81 bits per heavy atom. The van der Waals surface area contributed by atoms with Crippen LogP contribution in [-0.4, -0.2) is 38.2 Å². The van der Waals surface area contributed by atoms with Gasteiger partial charge >= 0.3 is 0 Å². The van der Waals surface area contributed by atoms with Crippen molar-refractivity contribution >= 4 is 40.5 Å². The van der Waals surface area contributed by atoms with E-state index in [2.05, 4.69) is 39.8 Å². The number of carbonyl (C=O) groups excluding carboxylic acids is 1. The van der Waals surface area contributed by atoms with E-state index in [0.717, 1.165) is 38.7 Å². The average molecular weight is 383 g/mol. The van der Waals surface area contributed by atoms with Crippen LogP contribution >= 0.6 is 11.8 Å². The van der Waals surface area contributed by atoms with Gasteiger partial charge in [0.15, 0.2) is 5.16 Å². The molecule has 0 spiro atoms. The zero-order chi connectivity index (χ0) is 19.2. The van der Waals surface area contributed by atoms with Crippen LogP contribution in [0.5, 0.6) is 0 Å². The highest BCUT2D eigenvalue weighted by molar-refractivity contribution is 7.99. The van der Waals surface area contributed by atoms with E-state index in [-0.39, 0.29) is 0 Å².